The molecule has 0 saturated carbocycles. The van der Waals surface area contributed by atoms with Crippen molar-refractivity contribution in [3.05, 3.63) is 40.4 Å². The summed E-state index contributed by atoms with van der Waals surface area (Å²) in [7, 11) is 1.73. The molecule has 1 aromatic heterocycles. The van der Waals surface area contributed by atoms with E-state index in [4.69, 9.17) is 0 Å². The molecule has 0 aliphatic carbocycles. The number of rotatable bonds is 7. The van der Waals surface area contributed by atoms with Crippen LogP contribution >= 0.6 is 11.3 Å². The van der Waals surface area contributed by atoms with Crippen molar-refractivity contribution in [2.45, 2.75) is 26.9 Å². The van der Waals surface area contributed by atoms with Gasteiger partial charge in [-0.05, 0) is 32.1 Å². The van der Waals surface area contributed by atoms with E-state index in [2.05, 4.69) is 23.7 Å². The molecule has 148 valence electrons. The molecule has 0 unspecified atom stereocenters. The van der Waals surface area contributed by atoms with Gasteiger partial charge in [0.1, 0.15) is 9.88 Å². The van der Waals surface area contributed by atoms with E-state index in [9.17, 15) is 18.0 Å². The van der Waals surface area contributed by atoms with E-state index in [1.807, 2.05) is 0 Å². The minimum absolute atomic E-state index is 0.157. The quantitative estimate of drug-likeness (QED) is 0.685. The predicted molar refractivity (Wildman–Crippen MR) is 102 cm³/mol. The lowest BCUT2D eigenvalue weighted by Crippen LogP contribution is -2.36. The number of benzene rings is 1. The maximum atomic E-state index is 12.9. The Morgan fingerprint density at radius 3 is 2.44 bits per heavy atom. The van der Waals surface area contributed by atoms with Gasteiger partial charge in [0, 0.05) is 25.7 Å². The van der Waals surface area contributed by atoms with Crippen molar-refractivity contribution in [2.24, 2.45) is 0 Å². The van der Waals surface area contributed by atoms with Gasteiger partial charge in [0.05, 0.1) is 11.3 Å². The van der Waals surface area contributed by atoms with Gasteiger partial charge in [-0.2, -0.15) is 13.2 Å². The molecule has 0 atom stereocenters. The van der Waals surface area contributed by atoms with Gasteiger partial charge < -0.3 is 9.80 Å². The molecule has 4 nitrogen and oxygen atoms in total. The van der Waals surface area contributed by atoms with Crippen LogP contribution in [0.5, 0.6) is 0 Å². The van der Waals surface area contributed by atoms with Gasteiger partial charge in [0.25, 0.3) is 5.91 Å². The van der Waals surface area contributed by atoms with E-state index in [1.54, 1.807) is 24.9 Å². The normalized spacial score (nSPS) is 11.9. The number of amides is 1. The number of hydrogen-bond acceptors (Lipinski definition) is 4. The summed E-state index contributed by atoms with van der Waals surface area (Å²) in [4.78, 5) is 21.4. The van der Waals surface area contributed by atoms with Crippen molar-refractivity contribution in [2.75, 3.05) is 33.2 Å². The third kappa shape index (κ3) is 5.29. The first-order chi connectivity index (χ1) is 12.7. The number of carbonyl (C=O) groups is 1. The summed E-state index contributed by atoms with van der Waals surface area (Å²) in [6.07, 6.45) is -4.41. The fourth-order valence-electron chi connectivity index (χ4n) is 2.65. The molecular formula is C19H24F3N3OS. The second-order valence-electron chi connectivity index (χ2n) is 6.27. The lowest BCUT2D eigenvalue weighted by atomic mass is 10.1. The van der Waals surface area contributed by atoms with Gasteiger partial charge in [-0.15, -0.1) is 11.3 Å². The molecule has 0 spiro atoms. The molecule has 0 bridgehead atoms. The lowest BCUT2D eigenvalue weighted by Gasteiger charge is -2.22. The molecule has 1 heterocycles. The van der Waals surface area contributed by atoms with Crippen LogP contribution in [-0.2, 0) is 6.18 Å². The van der Waals surface area contributed by atoms with Crippen LogP contribution in [0.1, 0.15) is 34.8 Å². The van der Waals surface area contributed by atoms with Crippen molar-refractivity contribution < 1.29 is 18.0 Å². The van der Waals surface area contributed by atoms with Crippen LogP contribution in [0.3, 0.4) is 0 Å². The average Bonchev–Trinajstić information content (AvgIpc) is 3.03. The number of likely N-dealkylation sites (N-methyl/N-ethyl adjacent to an activating group) is 2. The summed E-state index contributed by atoms with van der Waals surface area (Å²) >= 11 is 1.13. The molecule has 1 aromatic carbocycles. The Morgan fingerprint density at radius 1 is 1.19 bits per heavy atom. The van der Waals surface area contributed by atoms with Crippen molar-refractivity contribution in [3.8, 4) is 10.6 Å². The average molecular weight is 399 g/mol. The third-order valence-electron chi connectivity index (χ3n) is 4.42. The summed E-state index contributed by atoms with van der Waals surface area (Å²) in [5.41, 5.74) is 0.173. The highest BCUT2D eigenvalue weighted by atomic mass is 32.1. The van der Waals surface area contributed by atoms with Crippen LogP contribution < -0.4 is 0 Å². The predicted octanol–water partition coefficient (Wildman–Crippen LogP) is 4.55. The third-order valence-corrected chi connectivity index (χ3v) is 5.61. The SMILES string of the molecule is CCN(CC)CCN(C)C(=O)c1sc(-c2cccc(C(F)(F)F)c2)nc1C. The summed E-state index contributed by atoms with van der Waals surface area (Å²) in [6.45, 7) is 9.03. The van der Waals surface area contributed by atoms with Crippen LogP contribution in [0.2, 0.25) is 0 Å². The van der Waals surface area contributed by atoms with Gasteiger partial charge in [-0.1, -0.05) is 26.0 Å². The number of nitrogens with zero attached hydrogens (tertiary/aromatic N) is 3. The monoisotopic (exact) mass is 399 g/mol. The molecule has 2 rings (SSSR count). The zero-order chi connectivity index (χ0) is 20.2. The topological polar surface area (TPSA) is 36.4 Å². The zero-order valence-corrected chi connectivity index (χ0v) is 16.7. The van der Waals surface area contributed by atoms with E-state index in [0.29, 0.717) is 27.7 Å². The summed E-state index contributed by atoms with van der Waals surface area (Å²) in [5.74, 6) is -0.157. The highest BCUT2D eigenvalue weighted by molar-refractivity contribution is 7.17. The van der Waals surface area contributed by atoms with Crippen LogP contribution in [0, 0.1) is 6.92 Å². The number of halogens is 3. The fraction of sp³-hybridized carbons (Fsp3) is 0.474. The van der Waals surface area contributed by atoms with Gasteiger partial charge in [0.15, 0.2) is 0 Å². The molecule has 0 aliphatic heterocycles. The highest BCUT2D eigenvalue weighted by Gasteiger charge is 2.31. The first-order valence-corrected chi connectivity index (χ1v) is 9.61. The van der Waals surface area contributed by atoms with Gasteiger partial charge in [-0.3, -0.25) is 4.79 Å². The Balaban J connectivity index is 2.20. The molecule has 0 N–H and O–H groups in total. The Hall–Kier alpha value is -1.93. The van der Waals surface area contributed by atoms with Gasteiger partial charge in [0.2, 0.25) is 0 Å². The number of thiazole rings is 1. The van der Waals surface area contributed by atoms with E-state index in [-0.39, 0.29) is 5.91 Å². The first kappa shape index (κ1) is 21.4. The van der Waals surface area contributed by atoms with Crippen LogP contribution in [0.4, 0.5) is 13.2 Å². The molecule has 8 heteroatoms. The maximum Gasteiger partial charge on any atom is 0.416 e. The van der Waals surface area contributed by atoms with Crippen LogP contribution in [0.25, 0.3) is 10.6 Å². The van der Waals surface area contributed by atoms with Gasteiger partial charge in [-0.25, -0.2) is 4.98 Å². The Kier molecular flexibility index (Phi) is 7.00. The van der Waals surface area contributed by atoms with E-state index < -0.39 is 11.7 Å². The largest absolute Gasteiger partial charge is 0.416 e. The van der Waals surface area contributed by atoms with Crippen molar-refractivity contribution >= 4 is 17.2 Å². The molecule has 1 amide bonds. The van der Waals surface area contributed by atoms with Crippen LogP contribution in [-0.4, -0.2) is 53.9 Å². The number of alkyl halides is 3. The van der Waals surface area contributed by atoms with E-state index in [0.717, 1.165) is 43.1 Å². The zero-order valence-electron chi connectivity index (χ0n) is 15.9. The van der Waals surface area contributed by atoms with E-state index >= 15 is 0 Å². The summed E-state index contributed by atoms with van der Waals surface area (Å²) in [6, 6.07) is 5.02. The molecule has 0 radical (unpaired) electrons. The molecule has 2 aromatic rings. The summed E-state index contributed by atoms with van der Waals surface area (Å²) in [5, 5.41) is 0.416. The molecule has 27 heavy (non-hydrogen) atoms. The molecular weight excluding hydrogens is 375 g/mol. The number of aromatic nitrogens is 1. The Labute approximate surface area is 161 Å². The number of aryl methyl sites for hydroxylation is 1. The minimum atomic E-state index is -4.41. The second kappa shape index (κ2) is 8.84. The summed E-state index contributed by atoms with van der Waals surface area (Å²) < 4.78 is 38.8. The van der Waals surface area contributed by atoms with Crippen molar-refractivity contribution in [1.82, 2.24) is 14.8 Å². The van der Waals surface area contributed by atoms with Crippen molar-refractivity contribution in [1.29, 1.82) is 0 Å². The van der Waals surface area contributed by atoms with E-state index in [1.165, 1.54) is 6.07 Å². The molecule has 0 saturated heterocycles. The molecule has 0 aliphatic rings. The molecule has 0 fully saturated rings. The fourth-order valence-corrected chi connectivity index (χ4v) is 3.71. The lowest BCUT2D eigenvalue weighted by molar-refractivity contribution is -0.137. The number of carbonyl (C=O) groups excluding carboxylic acids is 1. The standard InChI is InChI=1S/C19H24F3N3OS/c1-5-25(6-2)11-10-24(4)18(26)16-13(3)23-17(27-16)14-8-7-9-15(12-14)19(20,21)22/h7-9,12H,5-6,10-11H2,1-4H3. The second-order valence-corrected chi connectivity index (χ2v) is 7.26. The van der Waals surface area contributed by atoms with Gasteiger partial charge >= 0.3 is 6.18 Å². The Bertz CT molecular complexity index is 785. The first-order valence-electron chi connectivity index (χ1n) is 8.80. The Morgan fingerprint density at radius 2 is 1.85 bits per heavy atom. The number of hydrogen-bond donors (Lipinski definition) is 0. The van der Waals surface area contributed by atoms with Crippen LogP contribution in [0.15, 0.2) is 24.3 Å². The highest BCUT2D eigenvalue weighted by Crippen LogP contribution is 2.34. The van der Waals surface area contributed by atoms with Crippen molar-refractivity contribution in [3.63, 3.8) is 0 Å². The smallest absolute Gasteiger partial charge is 0.340 e. The minimum Gasteiger partial charge on any atom is -0.340 e. The maximum absolute atomic E-state index is 12.9.